The van der Waals surface area contributed by atoms with Gasteiger partial charge in [-0.05, 0) is 61.4 Å². The van der Waals surface area contributed by atoms with Crippen LogP contribution in [0.2, 0.25) is 5.02 Å². The highest BCUT2D eigenvalue weighted by Gasteiger charge is 2.42. The molecule has 0 spiro atoms. The van der Waals surface area contributed by atoms with Gasteiger partial charge in [0.1, 0.15) is 5.82 Å². The van der Waals surface area contributed by atoms with E-state index in [4.69, 9.17) is 11.6 Å². The summed E-state index contributed by atoms with van der Waals surface area (Å²) in [6.45, 7) is 3.76. The second-order valence-corrected chi connectivity index (χ2v) is 11.5. The Kier molecular flexibility index (Phi) is 8.33. The third-order valence-corrected chi connectivity index (χ3v) is 8.70. The Morgan fingerprint density at radius 2 is 1.70 bits per heavy atom. The number of aryl methyl sites for hydroxylation is 1. The molecular formula is C30H37ClFN3O2. The van der Waals surface area contributed by atoms with Gasteiger partial charge in [0.15, 0.2) is 0 Å². The van der Waals surface area contributed by atoms with Crippen molar-refractivity contribution in [3.63, 3.8) is 0 Å². The van der Waals surface area contributed by atoms with Gasteiger partial charge in [0.25, 0.3) is 5.91 Å². The quantitative estimate of drug-likeness (QED) is 0.449. The molecule has 2 amide bonds. The molecule has 0 bridgehead atoms. The minimum Gasteiger partial charge on any atom is -0.371 e. The van der Waals surface area contributed by atoms with E-state index < -0.39 is 5.82 Å². The minimum atomic E-state index is -0.559. The molecule has 2 aromatic carbocycles. The molecule has 0 aromatic heterocycles. The van der Waals surface area contributed by atoms with Crippen molar-refractivity contribution in [3.05, 3.63) is 64.4 Å². The Hall–Kier alpha value is -2.60. The summed E-state index contributed by atoms with van der Waals surface area (Å²) in [6.07, 6.45) is 8.81. The van der Waals surface area contributed by atoms with Crippen LogP contribution in [0.3, 0.4) is 0 Å². The number of hydrogen-bond acceptors (Lipinski definition) is 3. The molecule has 2 aliphatic heterocycles. The molecule has 2 atom stereocenters. The summed E-state index contributed by atoms with van der Waals surface area (Å²) >= 11 is 6.13. The predicted octanol–water partition coefficient (Wildman–Crippen LogP) is 5.71. The predicted molar refractivity (Wildman–Crippen MR) is 145 cm³/mol. The van der Waals surface area contributed by atoms with Crippen molar-refractivity contribution < 1.29 is 14.0 Å². The smallest absolute Gasteiger partial charge is 0.258 e. The maximum absolute atomic E-state index is 14.3. The Balaban J connectivity index is 1.08. The van der Waals surface area contributed by atoms with E-state index >= 15 is 0 Å². The van der Waals surface area contributed by atoms with Crippen LogP contribution in [0.25, 0.3) is 0 Å². The Morgan fingerprint density at radius 3 is 2.43 bits per heavy atom. The van der Waals surface area contributed by atoms with Gasteiger partial charge in [-0.2, -0.15) is 0 Å². The number of hydrogen-bond donors (Lipinski definition) is 1. The maximum Gasteiger partial charge on any atom is 0.258 e. The van der Waals surface area contributed by atoms with Gasteiger partial charge in [-0.3, -0.25) is 9.59 Å². The van der Waals surface area contributed by atoms with Crippen LogP contribution in [-0.2, 0) is 11.2 Å². The number of fused-ring (bicyclic) bond motifs is 1. The number of rotatable bonds is 8. The third-order valence-electron chi connectivity index (χ3n) is 8.39. The van der Waals surface area contributed by atoms with Crippen LogP contribution < -0.4 is 10.2 Å². The van der Waals surface area contributed by atoms with Crippen molar-refractivity contribution in [1.82, 2.24) is 10.2 Å². The van der Waals surface area contributed by atoms with Crippen molar-refractivity contribution in [3.8, 4) is 0 Å². The fourth-order valence-electron chi connectivity index (χ4n) is 6.38. The number of anilines is 1. The number of nitrogens with zero attached hydrogens (tertiary/aromatic N) is 2. The van der Waals surface area contributed by atoms with Gasteiger partial charge >= 0.3 is 0 Å². The first-order valence-electron chi connectivity index (χ1n) is 13.8. The summed E-state index contributed by atoms with van der Waals surface area (Å²) in [5.74, 6) is 0.658. The van der Waals surface area contributed by atoms with Gasteiger partial charge in [-0.25, -0.2) is 4.39 Å². The van der Waals surface area contributed by atoms with Crippen molar-refractivity contribution in [1.29, 1.82) is 0 Å². The van der Waals surface area contributed by atoms with E-state index in [0.717, 1.165) is 32.5 Å². The Labute approximate surface area is 224 Å². The topological polar surface area (TPSA) is 52.7 Å². The van der Waals surface area contributed by atoms with Crippen molar-refractivity contribution in [2.75, 3.05) is 37.6 Å². The van der Waals surface area contributed by atoms with Gasteiger partial charge in [0, 0.05) is 56.7 Å². The van der Waals surface area contributed by atoms with Crippen LogP contribution in [-0.4, -0.2) is 49.4 Å². The molecule has 198 valence electrons. The zero-order valence-electron chi connectivity index (χ0n) is 21.4. The lowest BCUT2D eigenvalue weighted by Crippen LogP contribution is -2.34. The fourth-order valence-corrected chi connectivity index (χ4v) is 6.63. The molecule has 0 radical (unpaired) electrons. The lowest BCUT2D eigenvalue weighted by atomic mass is 9.87. The summed E-state index contributed by atoms with van der Waals surface area (Å²) < 4.78 is 14.3. The summed E-state index contributed by atoms with van der Waals surface area (Å²) in [7, 11) is 0. The normalized spacial score (nSPS) is 21.8. The molecule has 1 aliphatic carbocycles. The minimum absolute atomic E-state index is 0.0149. The molecule has 37 heavy (non-hydrogen) atoms. The molecule has 3 fully saturated rings. The molecule has 2 heterocycles. The van der Waals surface area contributed by atoms with Crippen molar-refractivity contribution in [2.24, 2.45) is 17.8 Å². The number of carbonyl (C=O) groups excluding carboxylic acids is 2. The number of halogens is 2. The second kappa shape index (κ2) is 11.8. The maximum atomic E-state index is 14.3. The van der Waals surface area contributed by atoms with Crippen LogP contribution in [0.4, 0.5) is 10.1 Å². The van der Waals surface area contributed by atoms with Crippen molar-refractivity contribution >= 4 is 29.1 Å². The standard InChI is InChI=1S/C30H37ClFN3O2/c31-26-12-5-13-27(32)29(26)30(37)35-19-23-17-34(18-24(23)20-35)25-11-4-9-21(15-25)10-6-14-33-28(36)16-22-7-2-1-3-8-22/h4-5,9,11-13,15,22-24H,1-3,6-8,10,14,16-20H2,(H,33,36). The number of benzene rings is 2. The van der Waals surface area contributed by atoms with Crippen LogP contribution in [0.15, 0.2) is 42.5 Å². The molecule has 5 nitrogen and oxygen atoms in total. The second-order valence-electron chi connectivity index (χ2n) is 11.1. The molecule has 1 N–H and O–H groups in total. The zero-order valence-corrected chi connectivity index (χ0v) is 22.2. The average molecular weight is 526 g/mol. The lowest BCUT2D eigenvalue weighted by molar-refractivity contribution is -0.122. The van der Waals surface area contributed by atoms with E-state index in [-0.39, 0.29) is 22.4 Å². The molecule has 2 aromatic rings. The highest BCUT2D eigenvalue weighted by atomic mass is 35.5. The molecule has 2 saturated heterocycles. The summed E-state index contributed by atoms with van der Waals surface area (Å²) in [5.41, 5.74) is 2.48. The molecule has 3 aliphatic rings. The Bertz CT molecular complexity index is 1090. The van der Waals surface area contributed by atoms with Gasteiger partial charge in [0.05, 0.1) is 10.6 Å². The summed E-state index contributed by atoms with van der Waals surface area (Å²) in [6, 6.07) is 13.0. The first-order valence-corrected chi connectivity index (χ1v) is 14.2. The van der Waals surface area contributed by atoms with Crippen LogP contribution in [0, 0.1) is 23.6 Å². The van der Waals surface area contributed by atoms with Gasteiger partial charge in [0.2, 0.25) is 5.91 Å². The summed E-state index contributed by atoms with van der Waals surface area (Å²) in [4.78, 5) is 29.4. The van der Waals surface area contributed by atoms with E-state index in [1.54, 1.807) is 11.0 Å². The van der Waals surface area contributed by atoms with Crippen molar-refractivity contribution in [2.45, 2.75) is 51.4 Å². The van der Waals surface area contributed by atoms with Gasteiger partial charge < -0.3 is 15.1 Å². The molecule has 5 rings (SSSR count). The molecule has 7 heteroatoms. The number of likely N-dealkylation sites (tertiary alicyclic amines) is 1. The highest BCUT2D eigenvalue weighted by molar-refractivity contribution is 6.33. The number of nitrogens with one attached hydrogen (secondary N) is 1. The lowest BCUT2D eigenvalue weighted by Gasteiger charge is -2.24. The molecule has 1 saturated carbocycles. The summed E-state index contributed by atoms with van der Waals surface area (Å²) in [5, 5.41) is 3.29. The highest BCUT2D eigenvalue weighted by Crippen LogP contribution is 2.35. The van der Waals surface area contributed by atoms with Crippen LogP contribution >= 0.6 is 11.6 Å². The van der Waals surface area contributed by atoms with E-state index in [1.165, 1.54) is 55.5 Å². The number of amides is 2. The SMILES string of the molecule is O=C(CC1CCCCC1)NCCCc1cccc(N2CC3CN(C(=O)c4c(F)cccc4Cl)CC3C2)c1. The van der Waals surface area contributed by atoms with E-state index in [9.17, 15) is 14.0 Å². The average Bonchev–Trinajstić information content (AvgIpc) is 3.47. The molecule has 2 unspecified atom stereocenters. The molecular weight excluding hydrogens is 489 g/mol. The first kappa shape index (κ1) is 26.0. The van der Waals surface area contributed by atoms with E-state index in [1.807, 2.05) is 0 Å². The van der Waals surface area contributed by atoms with Gasteiger partial charge in [-0.15, -0.1) is 0 Å². The zero-order chi connectivity index (χ0) is 25.8. The number of carbonyl (C=O) groups is 2. The van der Waals surface area contributed by atoms with E-state index in [0.29, 0.717) is 37.3 Å². The van der Waals surface area contributed by atoms with E-state index in [2.05, 4.69) is 34.5 Å². The first-order chi connectivity index (χ1) is 18.0. The monoisotopic (exact) mass is 525 g/mol. The van der Waals surface area contributed by atoms with Crippen LogP contribution in [0.1, 0.15) is 60.9 Å². The Morgan fingerprint density at radius 1 is 0.973 bits per heavy atom. The third kappa shape index (κ3) is 6.28. The largest absolute Gasteiger partial charge is 0.371 e. The van der Waals surface area contributed by atoms with Gasteiger partial charge in [-0.1, -0.05) is 49.1 Å². The fraction of sp³-hybridized carbons (Fsp3) is 0.533. The van der Waals surface area contributed by atoms with Crippen LogP contribution in [0.5, 0.6) is 0 Å².